The van der Waals surface area contributed by atoms with Crippen LogP contribution in [0.2, 0.25) is 0 Å². The summed E-state index contributed by atoms with van der Waals surface area (Å²) in [5, 5.41) is 0. The average molecular weight is 290 g/mol. The monoisotopic (exact) mass is 289 g/mol. The molecule has 0 N–H and O–H groups in total. The van der Waals surface area contributed by atoms with Gasteiger partial charge in [-0.2, -0.15) is 0 Å². The van der Waals surface area contributed by atoms with Gasteiger partial charge in [0, 0.05) is 6.54 Å². The fraction of sp³-hybridized carbons (Fsp3) is 0.700. The van der Waals surface area contributed by atoms with Crippen LogP contribution in [0.5, 0.6) is 0 Å². The molecule has 0 aromatic heterocycles. The quantitative estimate of drug-likeness (QED) is 0.400. The van der Waals surface area contributed by atoms with Gasteiger partial charge in [-0.25, -0.2) is 0 Å². The van der Waals surface area contributed by atoms with Crippen LogP contribution in [0.15, 0.2) is 30.3 Å². The van der Waals surface area contributed by atoms with E-state index in [-0.39, 0.29) is 0 Å². The molecular formula is C20H35N. The van der Waals surface area contributed by atoms with Crippen molar-refractivity contribution in [3.63, 3.8) is 0 Å². The third-order valence-electron chi connectivity index (χ3n) is 4.15. The minimum atomic E-state index is 1.12. The van der Waals surface area contributed by atoms with E-state index in [0.29, 0.717) is 0 Å². The Morgan fingerprint density at radius 3 is 1.86 bits per heavy atom. The van der Waals surface area contributed by atoms with Crippen LogP contribution in [0.4, 0.5) is 0 Å². The molecule has 21 heavy (non-hydrogen) atoms. The van der Waals surface area contributed by atoms with Crippen molar-refractivity contribution >= 4 is 0 Å². The Morgan fingerprint density at radius 2 is 1.19 bits per heavy atom. The Hall–Kier alpha value is -0.820. The molecule has 120 valence electrons. The standard InChI is InChI=1S/C20H35N/c1-3-5-7-8-9-14-18-21(17-13-6-4-2)19-20-15-11-10-12-16-20/h10-12,15-16H,3-9,13-14,17-19H2,1-2H3. The summed E-state index contributed by atoms with van der Waals surface area (Å²) < 4.78 is 0. The molecule has 0 unspecified atom stereocenters. The van der Waals surface area contributed by atoms with Gasteiger partial charge in [0.2, 0.25) is 0 Å². The van der Waals surface area contributed by atoms with Gasteiger partial charge in [-0.15, -0.1) is 0 Å². The summed E-state index contributed by atoms with van der Waals surface area (Å²) in [7, 11) is 0. The molecule has 0 aliphatic heterocycles. The van der Waals surface area contributed by atoms with Crippen molar-refractivity contribution in [3.05, 3.63) is 35.9 Å². The SMILES string of the molecule is CCCCCCCCN(CCCCC)Cc1ccccc1. The van der Waals surface area contributed by atoms with Gasteiger partial charge in [0.25, 0.3) is 0 Å². The molecule has 1 nitrogen and oxygen atoms in total. The Labute approximate surface area is 132 Å². The second-order valence-electron chi connectivity index (χ2n) is 6.24. The van der Waals surface area contributed by atoms with E-state index in [4.69, 9.17) is 0 Å². The molecule has 0 aliphatic rings. The lowest BCUT2D eigenvalue weighted by molar-refractivity contribution is 0.253. The Balaban J connectivity index is 2.27. The minimum absolute atomic E-state index is 1.12. The Kier molecular flexibility index (Phi) is 11.2. The first-order valence-electron chi connectivity index (χ1n) is 9.13. The fourth-order valence-corrected chi connectivity index (χ4v) is 2.81. The lowest BCUT2D eigenvalue weighted by atomic mass is 10.1. The molecular weight excluding hydrogens is 254 g/mol. The average Bonchev–Trinajstić information content (AvgIpc) is 2.51. The normalized spacial score (nSPS) is 11.2. The molecule has 0 spiro atoms. The molecule has 0 fully saturated rings. The summed E-state index contributed by atoms with van der Waals surface area (Å²) in [6.45, 7) is 8.23. The molecule has 0 saturated carbocycles. The maximum atomic E-state index is 2.66. The molecule has 1 rings (SSSR count). The number of unbranched alkanes of at least 4 members (excludes halogenated alkanes) is 7. The Morgan fingerprint density at radius 1 is 0.667 bits per heavy atom. The third-order valence-corrected chi connectivity index (χ3v) is 4.15. The van der Waals surface area contributed by atoms with Crippen LogP contribution in [-0.2, 0) is 6.54 Å². The van der Waals surface area contributed by atoms with Gasteiger partial charge in [0.1, 0.15) is 0 Å². The number of benzene rings is 1. The van der Waals surface area contributed by atoms with E-state index in [1.807, 2.05) is 0 Å². The largest absolute Gasteiger partial charge is 0.299 e. The van der Waals surface area contributed by atoms with Gasteiger partial charge >= 0.3 is 0 Å². The van der Waals surface area contributed by atoms with Gasteiger partial charge in [0.05, 0.1) is 0 Å². The zero-order chi connectivity index (χ0) is 15.2. The molecule has 0 heterocycles. The summed E-state index contributed by atoms with van der Waals surface area (Å²) in [6.07, 6.45) is 12.4. The highest BCUT2D eigenvalue weighted by Gasteiger charge is 2.05. The molecule has 0 aliphatic carbocycles. The zero-order valence-electron chi connectivity index (χ0n) is 14.3. The Bertz CT molecular complexity index is 320. The van der Waals surface area contributed by atoms with Gasteiger partial charge in [-0.3, -0.25) is 4.90 Å². The van der Waals surface area contributed by atoms with Crippen LogP contribution in [0.3, 0.4) is 0 Å². The summed E-state index contributed by atoms with van der Waals surface area (Å²) >= 11 is 0. The first kappa shape index (κ1) is 18.2. The summed E-state index contributed by atoms with van der Waals surface area (Å²) in [4.78, 5) is 2.66. The number of hydrogen-bond acceptors (Lipinski definition) is 1. The van der Waals surface area contributed by atoms with Crippen LogP contribution in [0, 0.1) is 0 Å². The maximum Gasteiger partial charge on any atom is 0.0233 e. The molecule has 0 bridgehead atoms. The predicted octanol–water partition coefficient (Wildman–Crippen LogP) is 6.04. The zero-order valence-corrected chi connectivity index (χ0v) is 14.3. The topological polar surface area (TPSA) is 3.24 Å². The molecule has 1 heteroatoms. The summed E-state index contributed by atoms with van der Waals surface area (Å²) in [6, 6.07) is 10.9. The van der Waals surface area contributed by atoms with Crippen molar-refractivity contribution in [2.75, 3.05) is 13.1 Å². The van der Waals surface area contributed by atoms with Crippen LogP contribution >= 0.6 is 0 Å². The third kappa shape index (κ3) is 9.68. The minimum Gasteiger partial charge on any atom is -0.299 e. The van der Waals surface area contributed by atoms with Crippen molar-refractivity contribution in [3.8, 4) is 0 Å². The molecule has 0 saturated heterocycles. The van der Waals surface area contributed by atoms with E-state index in [9.17, 15) is 0 Å². The highest BCUT2D eigenvalue weighted by molar-refractivity contribution is 5.14. The van der Waals surface area contributed by atoms with Crippen molar-refractivity contribution < 1.29 is 0 Å². The fourth-order valence-electron chi connectivity index (χ4n) is 2.81. The number of hydrogen-bond donors (Lipinski definition) is 0. The van der Waals surface area contributed by atoms with Crippen LogP contribution in [-0.4, -0.2) is 18.0 Å². The summed E-state index contributed by atoms with van der Waals surface area (Å²) in [5.74, 6) is 0. The first-order valence-corrected chi connectivity index (χ1v) is 9.13. The van der Waals surface area contributed by atoms with Crippen molar-refractivity contribution in [2.45, 2.75) is 78.2 Å². The number of rotatable bonds is 13. The molecule has 0 atom stereocenters. The van der Waals surface area contributed by atoms with Crippen molar-refractivity contribution in [1.29, 1.82) is 0 Å². The highest BCUT2D eigenvalue weighted by atomic mass is 15.1. The second kappa shape index (κ2) is 12.9. The van der Waals surface area contributed by atoms with Crippen LogP contribution in [0.25, 0.3) is 0 Å². The second-order valence-corrected chi connectivity index (χ2v) is 6.24. The lowest BCUT2D eigenvalue weighted by Gasteiger charge is -2.22. The lowest BCUT2D eigenvalue weighted by Crippen LogP contribution is -2.25. The first-order chi connectivity index (χ1) is 10.4. The summed E-state index contributed by atoms with van der Waals surface area (Å²) in [5.41, 5.74) is 1.46. The van der Waals surface area contributed by atoms with E-state index in [1.165, 1.54) is 76.4 Å². The van der Waals surface area contributed by atoms with E-state index in [2.05, 4.69) is 49.1 Å². The van der Waals surface area contributed by atoms with Gasteiger partial charge in [-0.1, -0.05) is 89.1 Å². The van der Waals surface area contributed by atoms with Crippen LogP contribution in [0.1, 0.15) is 77.2 Å². The maximum absolute atomic E-state index is 2.66. The molecule has 0 radical (unpaired) electrons. The van der Waals surface area contributed by atoms with Gasteiger partial charge < -0.3 is 0 Å². The molecule has 1 aromatic rings. The number of nitrogens with zero attached hydrogens (tertiary/aromatic N) is 1. The van der Waals surface area contributed by atoms with Crippen molar-refractivity contribution in [1.82, 2.24) is 4.90 Å². The highest BCUT2D eigenvalue weighted by Crippen LogP contribution is 2.10. The van der Waals surface area contributed by atoms with E-state index in [0.717, 1.165) is 6.54 Å². The smallest absolute Gasteiger partial charge is 0.0233 e. The van der Waals surface area contributed by atoms with E-state index in [1.54, 1.807) is 0 Å². The van der Waals surface area contributed by atoms with E-state index >= 15 is 0 Å². The van der Waals surface area contributed by atoms with E-state index < -0.39 is 0 Å². The van der Waals surface area contributed by atoms with Gasteiger partial charge in [0.15, 0.2) is 0 Å². The van der Waals surface area contributed by atoms with Gasteiger partial charge in [-0.05, 0) is 31.5 Å². The molecule has 0 amide bonds. The van der Waals surface area contributed by atoms with Crippen molar-refractivity contribution in [2.24, 2.45) is 0 Å². The molecule has 1 aromatic carbocycles. The predicted molar refractivity (Wildman–Crippen MR) is 94.6 cm³/mol. The van der Waals surface area contributed by atoms with Crippen LogP contribution < -0.4 is 0 Å².